The molecule has 0 aliphatic rings. The molecule has 0 spiro atoms. The molecule has 0 saturated carbocycles. The second-order valence-corrected chi connectivity index (χ2v) is 6.60. The molecule has 0 unspecified atom stereocenters. The quantitative estimate of drug-likeness (QED) is 0.937. The molecule has 0 saturated heterocycles. The van der Waals surface area contributed by atoms with Gasteiger partial charge in [0.05, 0.1) is 22.7 Å². The molecule has 0 fully saturated rings. The highest BCUT2D eigenvalue weighted by molar-refractivity contribution is 7.92. The van der Waals surface area contributed by atoms with Gasteiger partial charge in [0.15, 0.2) is 0 Å². The van der Waals surface area contributed by atoms with Crippen LogP contribution in [0.2, 0.25) is 5.02 Å². The molecule has 0 atom stereocenters. The Bertz CT molecular complexity index is 776. The van der Waals surface area contributed by atoms with Crippen molar-refractivity contribution in [2.24, 2.45) is 0 Å². The number of aryl methyl sites for hydroxylation is 2. The summed E-state index contributed by atoms with van der Waals surface area (Å²) in [6, 6.07) is 6.21. The molecule has 0 bridgehead atoms. The van der Waals surface area contributed by atoms with Gasteiger partial charge in [0, 0.05) is 11.9 Å². The lowest BCUT2D eigenvalue weighted by molar-refractivity contribution is 0.414. The van der Waals surface area contributed by atoms with Crippen LogP contribution in [0.5, 0.6) is 5.75 Å². The molecule has 1 N–H and O–H groups in total. The largest absolute Gasteiger partial charge is 0.495 e. The van der Waals surface area contributed by atoms with E-state index in [2.05, 4.69) is 9.71 Å². The molecule has 1 aromatic heterocycles. The van der Waals surface area contributed by atoms with E-state index in [0.717, 1.165) is 5.69 Å². The zero-order valence-corrected chi connectivity index (χ0v) is 13.4. The third-order valence-corrected chi connectivity index (χ3v) is 4.71. The fourth-order valence-electron chi connectivity index (χ4n) is 1.90. The summed E-state index contributed by atoms with van der Waals surface area (Å²) in [7, 11) is -2.25. The molecular weight excluding hydrogens is 312 g/mol. The number of nitrogens with one attached hydrogen (secondary N) is 1. The van der Waals surface area contributed by atoms with Crippen LogP contribution < -0.4 is 9.46 Å². The smallest absolute Gasteiger partial charge is 0.262 e. The van der Waals surface area contributed by atoms with Gasteiger partial charge < -0.3 is 4.74 Å². The monoisotopic (exact) mass is 326 g/mol. The minimum absolute atomic E-state index is 0.114. The van der Waals surface area contributed by atoms with Crippen molar-refractivity contribution in [2.45, 2.75) is 18.7 Å². The average molecular weight is 327 g/mol. The Morgan fingerprint density at radius 3 is 2.57 bits per heavy atom. The fourth-order valence-corrected chi connectivity index (χ4v) is 3.51. The van der Waals surface area contributed by atoms with E-state index in [0.29, 0.717) is 17.0 Å². The van der Waals surface area contributed by atoms with Gasteiger partial charge in [-0.15, -0.1) is 0 Å². The third kappa shape index (κ3) is 3.46. The SMILES string of the molecule is COc1cc(C)c(S(=O)(=O)Nc2ccnc(C)c2)cc1Cl. The number of benzene rings is 1. The summed E-state index contributed by atoms with van der Waals surface area (Å²) in [6.45, 7) is 3.47. The summed E-state index contributed by atoms with van der Waals surface area (Å²) >= 11 is 6.01. The van der Waals surface area contributed by atoms with E-state index in [4.69, 9.17) is 16.3 Å². The highest BCUT2D eigenvalue weighted by Crippen LogP contribution is 2.31. The van der Waals surface area contributed by atoms with Gasteiger partial charge in [0.25, 0.3) is 10.0 Å². The van der Waals surface area contributed by atoms with Crippen LogP contribution in [0.25, 0.3) is 0 Å². The molecule has 112 valence electrons. The van der Waals surface area contributed by atoms with E-state index in [1.54, 1.807) is 38.2 Å². The van der Waals surface area contributed by atoms with Crippen molar-refractivity contribution in [1.82, 2.24) is 4.98 Å². The number of hydrogen-bond acceptors (Lipinski definition) is 4. The van der Waals surface area contributed by atoms with Crippen molar-refractivity contribution in [2.75, 3.05) is 11.8 Å². The lowest BCUT2D eigenvalue weighted by Crippen LogP contribution is -2.14. The topological polar surface area (TPSA) is 68.3 Å². The number of anilines is 1. The van der Waals surface area contributed by atoms with Crippen molar-refractivity contribution >= 4 is 27.3 Å². The third-order valence-electron chi connectivity index (χ3n) is 2.89. The highest BCUT2D eigenvalue weighted by Gasteiger charge is 2.19. The first-order chi connectivity index (χ1) is 9.83. The number of nitrogens with zero attached hydrogens (tertiary/aromatic N) is 1. The van der Waals surface area contributed by atoms with Gasteiger partial charge >= 0.3 is 0 Å². The first-order valence-corrected chi connectivity index (χ1v) is 7.99. The van der Waals surface area contributed by atoms with E-state index in [1.807, 2.05) is 0 Å². The Balaban J connectivity index is 2.42. The van der Waals surface area contributed by atoms with Crippen LogP contribution in [-0.2, 0) is 10.0 Å². The average Bonchev–Trinajstić information content (AvgIpc) is 2.40. The number of aromatic nitrogens is 1. The second kappa shape index (κ2) is 5.91. The first-order valence-electron chi connectivity index (χ1n) is 6.13. The number of hydrogen-bond donors (Lipinski definition) is 1. The predicted octanol–water partition coefficient (Wildman–Crippen LogP) is 3.16. The number of ether oxygens (including phenoxy) is 1. The minimum atomic E-state index is -3.73. The fraction of sp³-hybridized carbons (Fsp3) is 0.214. The van der Waals surface area contributed by atoms with E-state index in [1.165, 1.54) is 13.2 Å². The minimum Gasteiger partial charge on any atom is -0.495 e. The number of sulfonamides is 1. The maximum absolute atomic E-state index is 12.5. The van der Waals surface area contributed by atoms with Crippen molar-refractivity contribution < 1.29 is 13.2 Å². The lowest BCUT2D eigenvalue weighted by Gasteiger charge is -2.12. The second-order valence-electron chi connectivity index (χ2n) is 4.54. The van der Waals surface area contributed by atoms with Crippen LogP contribution in [0.1, 0.15) is 11.3 Å². The van der Waals surface area contributed by atoms with Crippen LogP contribution in [0.3, 0.4) is 0 Å². The Kier molecular flexibility index (Phi) is 4.39. The van der Waals surface area contributed by atoms with Gasteiger partial charge in [-0.1, -0.05) is 11.6 Å². The summed E-state index contributed by atoms with van der Waals surface area (Å²) in [5, 5.41) is 0.245. The Morgan fingerprint density at radius 1 is 1.24 bits per heavy atom. The van der Waals surface area contributed by atoms with Crippen molar-refractivity contribution in [3.05, 3.63) is 46.7 Å². The molecule has 0 aliphatic heterocycles. The van der Waals surface area contributed by atoms with Crippen LogP contribution >= 0.6 is 11.6 Å². The van der Waals surface area contributed by atoms with Crippen molar-refractivity contribution in [3.63, 3.8) is 0 Å². The molecule has 2 rings (SSSR count). The summed E-state index contributed by atoms with van der Waals surface area (Å²) in [4.78, 5) is 4.14. The molecule has 0 amide bonds. The number of pyridine rings is 1. The Morgan fingerprint density at radius 2 is 1.95 bits per heavy atom. The summed E-state index contributed by atoms with van der Waals surface area (Å²) in [5.41, 5.74) is 1.73. The first kappa shape index (κ1) is 15.6. The normalized spacial score (nSPS) is 11.2. The zero-order chi connectivity index (χ0) is 15.6. The molecule has 7 heteroatoms. The highest BCUT2D eigenvalue weighted by atomic mass is 35.5. The van der Waals surface area contributed by atoms with E-state index in [9.17, 15) is 8.42 Å². The number of rotatable bonds is 4. The van der Waals surface area contributed by atoms with Crippen LogP contribution in [-0.4, -0.2) is 20.5 Å². The summed E-state index contributed by atoms with van der Waals surface area (Å²) in [5.74, 6) is 0.438. The van der Waals surface area contributed by atoms with E-state index < -0.39 is 10.0 Å². The Hall–Kier alpha value is -1.79. The van der Waals surface area contributed by atoms with Gasteiger partial charge in [-0.05, 0) is 43.7 Å². The van der Waals surface area contributed by atoms with Crippen LogP contribution in [0, 0.1) is 13.8 Å². The molecule has 2 aromatic rings. The molecule has 5 nitrogen and oxygen atoms in total. The molecule has 0 radical (unpaired) electrons. The van der Waals surface area contributed by atoms with E-state index >= 15 is 0 Å². The van der Waals surface area contributed by atoms with Gasteiger partial charge in [-0.3, -0.25) is 9.71 Å². The molecule has 1 heterocycles. The van der Waals surface area contributed by atoms with Gasteiger partial charge in [-0.25, -0.2) is 8.42 Å². The van der Waals surface area contributed by atoms with Gasteiger partial charge in [0.1, 0.15) is 5.75 Å². The Labute approximate surface area is 129 Å². The van der Waals surface area contributed by atoms with Crippen molar-refractivity contribution in [1.29, 1.82) is 0 Å². The predicted molar refractivity (Wildman–Crippen MR) is 82.5 cm³/mol. The molecule has 1 aromatic carbocycles. The van der Waals surface area contributed by atoms with Crippen LogP contribution in [0.15, 0.2) is 35.4 Å². The van der Waals surface area contributed by atoms with E-state index in [-0.39, 0.29) is 9.92 Å². The molecular formula is C14H15ClN2O3S. The van der Waals surface area contributed by atoms with Gasteiger partial charge in [-0.2, -0.15) is 0 Å². The van der Waals surface area contributed by atoms with Crippen LogP contribution in [0.4, 0.5) is 5.69 Å². The standard InChI is InChI=1S/C14H15ClN2O3S/c1-9-6-13(20-3)12(15)8-14(9)21(18,19)17-11-4-5-16-10(2)7-11/h4-8H,1-3H3,(H,16,17). The molecule has 0 aliphatic carbocycles. The van der Waals surface area contributed by atoms with Gasteiger partial charge in [0.2, 0.25) is 0 Å². The summed E-state index contributed by atoms with van der Waals surface area (Å²) in [6.07, 6.45) is 1.54. The number of methoxy groups -OCH3 is 1. The zero-order valence-electron chi connectivity index (χ0n) is 11.8. The molecule has 21 heavy (non-hydrogen) atoms. The lowest BCUT2D eigenvalue weighted by atomic mass is 10.2. The number of halogens is 1. The summed E-state index contributed by atoms with van der Waals surface area (Å²) < 4.78 is 32.5. The maximum Gasteiger partial charge on any atom is 0.262 e. The maximum atomic E-state index is 12.5. The van der Waals surface area contributed by atoms with Crippen molar-refractivity contribution in [3.8, 4) is 5.75 Å².